The van der Waals surface area contributed by atoms with Gasteiger partial charge in [-0.1, -0.05) is 19.3 Å². The van der Waals surface area contributed by atoms with Crippen LogP contribution < -0.4 is 11.1 Å². The Labute approximate surface area is 113 Å². The summed E-state index contributed by atoms with van der Waals surface area (Å²) in [4.78, 5) is 12.1. The lowest BCUT2D eigenvalue weighted by molar-refractivity contribution is 0.0919. The number of anilines is 1. The van der Waals surface area contributed by atoms with Crippen molar-refractivity contribution in [3.63, 3.8) is 0 Å². The molecule has 1 atom stereocenters. The Hall–Kier alpha value is -1.58. The van der Waals surface area contributed by atoms with Gasteiger partial charge in [0.2, 0.25) is 0 Å². The van der Waals surface area contributed by atoms with Crippen LogP contribution in [0.4, 0.5) is 10.1 Å². The lowest BCUT2D eigenvalue weighted by Crippen LogP contribution is -2.38. The molecule has 3 N–H and O–H groups in total. The first-order valence-corrected chi connectivity index (χ1v) is 6.94. The van der Waals surface area contributed by atoms with Crippen molar-refractivity contribution in [1.29, 1.82) is 0 Å². The first-order valence-electron chi connectivity index (χ1n) is 6.94. The molecule has 1 unspecified atom stereocenters. The molecule has 0 heterocycles. The molecule has 0 spiro atoms. The molecule has 4 heteroatoms. The Balaban J connectivity index is 1.97. The van der Waals surface area contributed by atoms with E-state index in [4.69, 9.17) is 5.73 Å². The molecule has 1 aromatic carbocycles. The van der Waals surface area contributed by atoms with Gasteiger partial charge >= 0.3 is 0 Å². The van der Waals surface area contributed by atoms with Crippen molar-refractivity contribution in [2.24, 2.45) is 5.92 Å². The van der Waals surface area contributed by atoms with Gasteiger partial charge in [0.05, 0.1) is 5.69 Å². The van der Waals surface area contributed by atoms with Crippen LogP contribution in [-0.2, 0) is 0 Å². The van der Waals surface area contributed by atoms with Crippen molar-refractivity contribution in [1.82, 2.24) is 5.32 Å². The molecule has 104 valence electrons. The van der Waals surface area contributed by atoms with Gasteiger partial charge in [0.25, 0.3) is 5.91 Å². The van der Waals surface area contributed by atoms with Crippen molar-refractivity contribution in [3.8, 4) is 0 Å². The first-order chi connectivity index (χ1) is 9.08. The Morgan fingerprint density at radius 1 is 1.37 bits per heavy atom. The molecule has 19 heavy (non-hydrogen) atoms. The van der Waals surface area contributed by atoms with E-state index in [2.05, 4.69) is 5.32 Å². The van der Waals surface area contributed by atoms with Gasteiger partial charge < -0.3 is 11.1 Å². The van der Waals surface area contributed by atoms with Crippen molar-refractivity contribution in [2.75, 3.05) is 5.73 Å². The molecule has 0 aliphatic heterocycles. The molecular formula is C15H21FN2O. The summed E-state index contributed by atoms with van der Waals surface area (Å²) in [6, 6.07) is 4.24. The van der Waals surface area contributed by atoms with Gasteiger partial charge in [-0.2, -0.15) is 0 Å². The van der Waals surface area contributed by atoms with Crippen molar-refractivity contribution < 1.29 is 9.18 Å². The number of halogens is 1. The second-order valence-corrected chi connectivity index (χ2v) is 5.40. The van der Waals surface area contributed by atoms with Crippen LogP contribution in [0.25, 0.3) is 0 Å². The predicted molar refractivity (Wildman–Crippen MR) is 74.3 cm³/mol. The highest BCUT2D eigenvalue weighted by molar-refractivity contribution is 5.95. The van der Waals surface area contributed by atoms with Crippen LogP contribution in [0.5, 0.6) is 0 Å². The average molecular weight is 264 g/mol. The minimum absolute atomic E-state index is 0.0120. The van der Waals surface area contributed by atoms with E-state index >= 15 is 0 Å². The van der Waals surface area contributed by atoms with Gasteiger partial charge in [0.1, 0.15) is 5.82 Å². The Bertz CT molecular complexity index is 455. The minimum Gasteiger partial charge on any atom is -0.396 e. The zero-order chi connectivity index (χ0) is 13.8. The Kier molecular flexibility index (Phi) is 4.40. The number of carbonyl (C=O) groups is 1. The van der Waals surface area contributed by atoms with Crippen molar-refractivity contribution >= 4 is 11.6 Å². The fraction of sp³-hybridized carbons (Fsp3) is 0.533. The van der Waals surface area contributed by atoms with Crippen molar-refractivity contribution in [3.05, 3.63) is 29.6 Å². The monoisotopic (exact) mass is 264 g/mol. The van der Waals surface area contributed by atoms with Gasteiger partial charge in [-0.3, -0.25) is 4.79 Å². The van der Waals surface area contributed by atoms with Gasteiger partial charge in [0, 0.05) is 11.6 Å². The third-order valence-corrected chi connectivity index (χ3v) is 3.97. The maximum atomic E-state index is 13.1. The summed E-state index contributed by atoms with van der Waals surface area (Å²) in [5, 5.41) is 3.00. The summed E-state index contributed by atoms with van der Waals surface area (Å²) in [6.45, 7) is 2.04. The van der Waals surface area contributed by atoms with E-state index in [-0.39, 0.29) is 17.6 Å². The smallest absolute Gasteiger partial charge is 0.251 e. The molecule has 1 saturated carbocycles. The quantitative estimate of drug-likeness (QED) is 0.824. The highest BCUT2D eigenvalue weighted by Gasteiger charge is 2.21. The molecule has 1 aliphatic rings. The number of hydrogen-bond donors (Lipinski definition) is 2. The molecule has 1 aliphatic carbocycles. The number of nitrogens with one attached hydrogen (secondary N) is 1. The van der Waals surface area contributed by atoms with E-state index in [9.17, 15) is 9.18 Å². The number of benzene rings is 1. The zero-order valence-electron chi connectivity index (χ0n) is 11.3. The summed E-state index contributed by atoms with van der Waals surface area (Å²) in [5.41, 5.74) is 5.91. The molecule has 1 amide bonds. The number of amides is 1. The van der Waals surface area contributed by atoms with E-state index in [0.717, 1.165) is 0 Å². The van der Waals surface area contributed by atoms with E-state index in [1.54, 1.807) is 0 Å². The predicted octanol–water partition coefficient (Wildman–Crippen LogP) is 3.11. The van der Waals surface area contributed by atoms with Crippen LogP contribution in [0, 0.1) is 11.7 Å². The Morgan fingerprint density at radius 2 is 2.05 bits per heavy atom. The largest absolute Gasteiger partial charge is 0.396 e. The van der Waals surface area contributed by atoms with Crippen LogP contribution in [-0.4, -0.2) is 11.9 Å². The van der Waals surface area contributed by atoms with Crippen LogP contribution >= 0.6 is 0 Å². The number of nitrogen functional groups attached to an aromatic ring is 1. The summed E-state index contributed by atoms with van der Waals surface area (Å²) in [6.07, 6.45) is 6.13. The lowest BCUT2D eigenvalue weighted by Gasteiger charge is -2.28. The molecule has 1 fully saturated rings. The van der Waals surface area contributed by atoms with Crippen molar-refractivity contribution in [2.45, 2.75) is 45.1 Å². The highest BCUT2D eigenvalue weighted by atomic mass is 19.1. The topological polar surface area (TPSA) is 55.1 Å². The Morgan fingerprint density at radius 3 is 2.68 bits per heavy atom. The fourth-order valence-electron chi connectivity index (χ4n) is 2.73. The molecule has 0 radical (unpaired) electrons. The summed E-state index contributed by atoms with van der Waals surface area (Å²) in [5.74, 6) is -0.114. The number of carbonyl (C=O) groups excluding carboxylic acids is 1. The van der Waals surface area contributed by atoms with E-state index in [0.29, 0.717) is 11.5 Å². The van der Waals surface area contributed by atoms with Gasteiger partial charge in [-0.15, -0.1) is 0 Å². The molecule has 0 saturated heterocycles. The molecule has 1 aromatic rings. The maximum absolute atomic E-state index is 13.1. The lowest BCUT2D eigenvalue weighted by atomic mass is 9.84. The third-order valence-electron chi connectivity index (χ3n) is 3.97. The van der Waals surface area contributed by atoms with E-state index < -0.39 is 5.82 Å². The zero-order valence-corrected chi connectivity index (χ0v) is 11.3. The van der Waals surface area contributed by atoms with E-state index in [1.807, 2.05) is 6.92 Å². The normalized spacial score (nSPS) is 18.0. The van der Waals surface area contributed by atoms with Crippen LogP contribution in [0.1, 0.15) is 49.4 Å². The molecule has 0 aromatic heterocycles. The molecule has 0 bridgehead atoms. The van der Waals surface area contributed by atoms with Gasteiger partial charge in [0.15, 0.2) is 0 Å². The van der Waals surface area contributed by atoms with Crippen LogP contribution in [0.15, 0.2) is 18.2 Å². The first kappa shape index (κ1) is 13.8. The fourth-order valence-corrected chi connectivity index (χ4v) is 2.73. The third kappa shape index (κ3) is 3.46. The minimum atomic E-state index is -0.489. The number of nitrogens with two attached hydrogens (primary N) is 1. The summed E-state index contributed by atoms with van der Waals surface area (Å²) < 4.78 is 13.1. The highest BCUT2D eigenvalue weighted by Crippen LogP contribution is 2.26. The summed E-state index contributed by atoms with van der Waals surface area (Å²) >= 11 is 0. The van der Waals surface area contributed by atoms with E-state index in [1.165, 1.54) is 50.3 Å². The van der Waals surface area contributed by atoms with Crippen LogP contribution in [0.3, 0.4) is 0 Å². The van der Waals surface area contributed by atoms with Gasteiger partial charge in [-0.05, 0) is 43.9 Å². The standard InChI is InChI=1S/C15H21FN2O/c1-10(11-5-3-2-4-6-11)18-15(19)12-7-8-13(16)14(17)9-12/h7-11H,2-6,17H2,1H3,(H,18,19). The number of rotatable bonds is 3. The second kappa shape index (κ2) is 6.04. The average Bonchev–Trinajstić information content (AvgIpc) is 2.42. The van der Waals surface area contributed by atoms with Gasteiger partial charge in [-0.25, -0.2) is 4.39 Å². The molecule has 2 rings (SSSR count). The second-order valence-electron chi connectivity index (χ2n) is 5.40. The molecular weight excluding hydrogens is 243 g/mol. The SMILES string of the molecule is CC(NC(=O)c1ccc(F)c(N)c1)C1CCCCC1. The maximum Gasteiger partial charge on any atom is 0.251 e. The van der Waals surface area contributed by atoms with Crippen LogP contribution in [0.2, 0.25) is 0 Å². The summed E-state index contributed by atoms with van der Waals surface area (Å²) in [7, 11) is 0. The number of hydrogen-bond acceptors (Lipinski definition) is 2. The molecule has 3 nitrogen and oxygen atoms in total.